The van der Waals surface area contributed by atoms with Gasteiger partial charge in [0.05, 0.1) is 12.7 Å². The molecule has 0 fully saturated rings. The molecule has 0 aromatic heterocycles. The summed E-state index contributed by atoms with van der Waals surface area (Å²) in [6, 6.07) is 6.92. The van der Waals surface area contributed by atoms with Crippen molar-refractivity contribution < 1.29 is 9.66 Å². The predicted octanol–water partition coefficient (Wildman–Crippen LogP) is 1.47. The normalized spacial score (nSPS) is 9.42. The molecule has 4 heteroatoms. The number of rotatable bonds is 3. The maximum Gasteiger partial charge on any atom is 0.232 e. The molecule has 0 aliphatic carbocycles. The Morgan fingerprint density at radius 3 is 2.75 bits per heavy atom. The molecule has 0 aliphatic heterocycles. The lowest BCUT2D eigenvalue weighted by Crippen LogP contribution is -2.00. The first-order valence-corrected chi connectivity index (χ1v) is 3.47. The van der Waals surface area contributed by atoms with Crippen molar-refractivity contribution in [2.24, 2.45) is 0 Å². The average Bonchev–Trinajstić information content (AvgIpc) is 2.04. The lowest BCUT2D eigenvalue weighted by atomic mass is 10.2. The van der Waals surface area contributed by atoms with Crippen LogP contribution >= 0.6 is 0 Å². The summed E-state index contributed by atoms with van der Waals surface area (Å²) >= 11 is 0. The van der Waals surface area contributed by atoms with E-state index in [-0.39, 0.29) is 11.5 Å². The fourth-order valence-electron chi connectivity index (χ4n) is 0.973. The van der Waals surface area contributed by atoms with Crippen LogP contribution in [0.15, 0.2) is 24.3 Å². The lowest BCUT2D eigenvalue weighted by molar-refractivity contribution is -0.496. The minimum absolute atomic E-state index is 0.190. The van der Waals surface area contributed by atoms with E-state index in [1.807, 2.05) is 0 Å². The number of hydrogen-bond acceptors (Lipinski definition) is 3. The van der Waals surface area contributed by atoms with Gasteiger partial charge in [-0.2, -0.15) is 0 Å². The molecule has 0 saturated heterocycles. The highest BCUT2D eigenvalue weighted by Gasteiger charge is 2.06. The highest BCUT2D eigenvalue weighted by molar-refractivity contribution is 5.32. The fourth-order valence-corrected chi connectivity index (χ4v) is 0.973. The average molecular weight is 167 g/mol. The Balaban J connectivity index is 2.89. The van der Waals surface area contributed by atoms with Gasteiger partial charge < -0.3 is 4.74 Å². The number of nitrogens with zero attached hydrogens (tertiary/aromatic N) is 1. The molecule has 0 aliphatic rings. The zero-order valence-corrected chi connectivity index (χ0v) is 6.69. The second kappa shape index (κ2) is 3.71. The summed E-state index contributed by atoms with van der Waals surface area (Å²) in [5.74, 6) is 0.564. The van der Waals surface area contributed by atoms with Crippen LogP contribution in [0.25, 0.3) is 0 Å². The maximum atomic E-state index is 10.2. The second-order valence-electron chi connectivity index (χ2n) is 2.30. The highest BCUT2D eigenvalue weighted by Crippen LogP contribution is 2.17. The van der Waals surface area contributed by atoms with Crippen LogP contribution in [0.4, 0.5) is 0 Å². The molecule has 0 N–H and O–H groups in total. The summed E-state index contributed by atoms with van der Waals surface area (Å²) in [5.41, 5.74) is 0.602. The van der Waals surface area contributed by atoms with Crippen molar-refractivity contribution >= 4 is 0 Å². The number of para-hydroxylation sites is 1. The van der Waals surface area contributed by atoms with Crippen LogP contribution in [-0.2, 0) is 6.54 Å². The molecule has 0 bridgehead atoms. The minimum Gasteiger partial charge on any atom is -0.496 e. The summed E-state index contributed by atoms with van der Waals surface area (Å²) in [6.45, 7) is -0.190. The highest BCUT2D eigenvalue weighted by atomic mass is 16.6. The smallest absolute Gasteiger partial charge is 0.232 e. The molecule has 4 nitrogen and oxygen atoms in total. The zero-order valence-electron chi connectivity index (χ0n) is 6.69. The molecule has 0 amide bonds. The molecule has 64 valence electrons. The van der Waals surface area contributed by atoms with Gasteiger partial charge >= 0.3 is 0 Å². The molecule has 0 spiro atoms. The summed E-state index contributed by atoms with van der Waals surface area (Å²) in [5, 5.41) is 10.2. The molecule has 0 atom stereocenters. The van der Waals surface area contributed by atoms with Gasteiger partial charge in [-0.25, -0.2) is 0 Å². The van der Waals surface area contributed by atoms with E-state index in [0.29, 0.717) is 11.3 Å². The van der Waals surface area contributed by atoms with Crippen molar-refractivity contribution in [3.8, 4) is 5.75 Å². The number of nitro groups is 1. The van der Waals surface area contributed by atoms with E-state index in [4.69, 9.17) is 4.74 Å². The quantitative estimate of drug-likeness (QED) is 0.506. The van der Waals surface area contributed by atoms with Crippen molar-refractivity contribution in [1.29, 1.82) is 0 Å². The van der Waals surface area contributed by atoms with E-state index in [1.165, 1.54) is 7.11 Å². The summed E-state index contributed by atoms with van der Waals surface area (Å²) in [4.78, 5) is 9.81. The summed E-state index contributed by atoms with van der Waals surface area (Å²) in [7, 11) is 1.50. The minimum atomic E-state index is -0.377. The number of hydrogen-bond donors (Lipinski definition) is 0. The maximum absolute atomic E-state index is 10.2. The predicted molar refractivity (Wildman–Crippen MR) is 43.7 cm³/mol. The molecular formula is C8H9NO3. The lowest BCUT2D eigenvalue weighted by Gasteiger charge is -2.02. The first-order chi connectivity index (χ1) is 5.74. The van der Waals surface area contributed by atoms with E-state index in [2.05, 4.69) is 0 Å². The van der Waals surface area contributed by atoms with Gasteiger partial charge in [0.25, 0.3) is 0 Å². The second-order valence-corrected chi connectivity index (χ2v) is 2.30. The third-order valence-electron chi connectivity index (χ3n) is 1.49. The van der Waals surface area contributed by atoms with Crippen LogP contribution in [0.2, 0.25) is 0 Å². The molecule has 0 saturated carbocycles. The van der Waals surface area contributed by atoms with Crippen molar-refractivity contribution in [3.63, 3.8) is 0 Å². The molecule has 1 aromatic rings. The van der Waals surface area contributed by atoms with Gasteiger partial charge in [0.2, 0.25) is 6.54 Å². The Bertz CT molecular complexity index is 285. The fraction of sp³-hybridized carbons (Fsp3) is 0.250. The van der Waals surface area contributed by atoms with Crippen LogP contribution in [-0.4, -0.2) is 12.0 Å². The van der Waals surface area contributed by atoms with Gasteiger partial charge in [0, 0.05) is 4.92 Å². The Kier molecular flexibility index (Phi) is 2.63. The van der Waals surface area contributed by atoms with Gasteiger partial charge in [-0.15, -0.1) is 0 Å². The zero-order chi connectivity index (χ0) is 8.97. The van der Waals surface area contributed by atoms with Crippen molar-refractivity contribution in [2.75, 3.05) is 7.11 Å². The van der Waals surface area contributed by atoms with Crippen LogP contribution in [0, 0.1) is 10.1 Å². The number of benzene rings is 1. The monoisotopic (exact) mass is 167 g/mol. The van der Waals surface area contributed by atoms with E-state index < -0.39 is 0 Å². The van der Waals surface area contributed by atoms with E-state index in [9.17, 15) is 10.1 Å². The van der Waals surface area contributed by atoms with Crippen molar-refractivity contribution in [2.45, 2.75) is 6.54 Å². The molecule has 1 aromatic carbocycles. The van der Waals surface area contributed by atoms with Crippen molar-refractivity contribution in [3.05, 3.63) is 39.9 Å². The molecule has 0 radical (unpaired) electrons. The van der Waals surface area contributed by atoms with Gasteiger partial charge in [0.1, 0.15) is 5.75 Å². The van der Waals surface area contributed by atoms with Gasteiger partial charge in [-0.1, -0.05) is 12.1 Å². The van der Waals surface area contributed by atoms with Gasteiger partial charge in [0.15, 0.2) is 0 Å². The number of methoxy groups -OCH3 is 1. The molecule has 12 heavy (non-hydrogen) atoms. The third kappa shape index (κ3) is 1.95. The molecule has 1 rings (SSSR count). The van der Waals surface area contributed by atoms with Crippen LogP contribution < -0.4 is 4.74 Å². The standard InChI is InChI=1S/C8H9NO3/c1-12-8-5-3-2-4-7(8)6-9(10)11/h2-5H,6H2,1H3. The molecule has 0 unspecified atom stereocenters. The van der Waals surface area contributed by atoms with E-state index in [0.717, 1.165) is 0 Å². The third-order valence-corrected chi connectivity index (χ3v) is 1.49. The summed E-state index contributed by atoms with van der Waals surface area (Å²) in [6.07, 6.45) is 0. The van der Waals surface area contributed by atoms with Gasteiger partial charge in [-0.05, 0) is 12.1 Å². The Morgan fingerprint density at radius 1 is 1.50 bits per heavy atom. The van der Waals surface area contributed by atoms with E-state index >= 15 is 0 Å². The first-order valence-electron chi connectivity index (χ1n) is 3.47. The van der Waals surface area contributed by atoms with Crippen LogP contribution in [0.5, 0.6) is 5.75 Å². The van der Waals surface area contributed by atoms with Crippen LogP contribution in [0.1, 0.15) is 5.56 Å². The largest absolute Gasteiger partial charge is 0.496 e. The number of ether oxygens (including phenoxy) is 1. The Hall–Kier alpha value is -1.58. The summed E-state index contributed by atoms with van der Waals surface area (Å²) < 4.78 is 4.94. The first kappa shape index (κ1) is 8.52. The SMILES string of the molecule is COc1ccccc1C[N+](=O)[O-]. The van der Waals surface area contributed by atoms with Crippen LogP contribution in [0.3, 0.4) is 0 Å². The Morgan fingerprint density at radius 2 is 2.17 bits per heavy atom. The Labute approximate surface area is 69.9 Å². The van der Waals surface area contributed by atoms with Crippen molar-refractivity contribution in [1.82, 2.24) is 0 Å². The van der Waals surface area contributed by atoms with Gasteiger partial charge in [-0.3, -0.25) is 10.1 Å². The van der Waals surface area contributed by atoms with E-state index in [1.54, 1.807) is 24.3 Å². The topological polar surface area (TPSA) is 52.4 Å². The molecular weight excluding hydrogens is 158 g/mol. The molecule has 0 heterocycles.